The first kappa shape index (κ1) is 13.8. The average molecular weight is 335 g/mol. The molecule has 1 fully saturated rings. The lowest BCUT2D eigenvalue weighted by Crippen LogP contribution is -2.36. The monoisotopic (exact) mass is 334 g/mol. The topological polar surface area (TPSA) is 72.6 Å². The lowest BCUT2D eigenvalue weighted by molar-refractivity contribution is -0.108. The van der Waals surface area contributed by atoms with Gasteiger partial charge in [0.1, 0.15) is 0 Å². The summed E-state index contributed by atoms with van der Waals surface area (Å²) < 4.78 is 26.6. The van der Waals surface area contributed by atoms with E-state index in [1.165, 1.54) is 0 Å². The van der Waals surface area contributed by atoms with Crippen molar-refractivity contribution in [1.82, 2.24) is 4.47 Å². The van der Waals surface area contributed by atoms with Gasteiger partial charge in [-0.05, 0) is 37.5 Å². The molecular formula is C11H15BrN2O3S. The van der Waals surface area contributed by atoms with Crippen LogP contribution in [-0.2, 0) is 14.9 Å². The number of sulfonamides is 1. The normalized spacial score (nSPS) is 17.9. The molecule has 1 aliphatic rings. The largest absolute Gasteiger partial charge is 0.398 e. The van der Waals surface area contributed by atoms with E-state index < -0.39 is 10.0 Å². The van der Waals surface area contributed by atoms with Gasteiger partial charge in [0.2, 0.25) is 0 Å². The number of hydroxylamine groups is 1. The van der Waals surface area contributed by atoms with Gasteiger partial charge in [0.15, 0.2) is 0 Å². The maximum atomic E-state index is 12.4. The molecule has 18 heavy (non-hydrogen) atoms. The van der Waals surface area contributed by atoms with Crippen LogP contribution in [0.5, 0.6) is 0 Å². The summed E-state index contributed by atoms with van der Waals surface area (Å²) in [5.41, 5.74) is 6.79. The number of nitrogen functional groups attached to an aromatic ring is 1. The van der Waals surface area contributed by atoms with E-state index >= 15 is 0 Å². The first-order valence-electron chi connectivity index (χ1n) is 5.64. The van der Waals surface area contributed by atoms with Crippen molar-refractivity contribution in [3.8, 4) is 0 Å². The predicted molar refractivity (Wildman–Crippen MR) is 72.4 cm³/mol. The van der Waals surface area contributed by atoms with Crippen molar-refractivity contribution >= 4 is 31.6 Å². The number of nitrogens with zero attached hydrogens (tertiary/aromatic N) is 1. The molecule has 1 aliphatic heterocycles. The highest BCUT2D eigenvalue weighted by molar-refractivity contribution is 9.10. The van der Waals surface area contributed by atoms with Gasteiger partial charge in [0.25, 0.3) is 10.0 Å². The number of anilines is 1. The third-order valence-corrected chi connectivity index (χ3v) is 5.14. The fourth-order valence-electron chi connectivity index (χ4n) is 1.82. The van der Waals surface area contributed by atoms with Crippen LogP contribution in [0.15, 0.2) is 21.5 Å². The molecule has 1 saturated heterocycles. The zero-order chi connectivity index (χ0) is 13.3. The van der Waals surface area contributed by atoms with Crippen LogP contribution >= 0.6 is 15.9 Å². The molecule has 100 valence electrons. The Morgan fingerprint density at radius 3 is 2.72 bits per heavy atom. The first-order chi connectivity index (χ1) is 8.43. The van der Waals surface area contributed by atoms with E-state index in [1.54, 1.807) is 19.1 Å². The Kier molecular flexibility index (Phi) is 3.96. The van der Waals surface area contributed by atoms with E-state index in [1.807, 2.05) is 0 Å². The van der Waals surface area contributed by atoms with E-state index in [-0.39, 0.29) is 4.90 Å². The molecule has 0 amide bonds. The number of hydrogen-bond donors (Lipinski definition) is 1. The van der Waals surface area contributed by atoms with Crippen LogP contribution in [0.2, 0.25) is 0 Å². The second-order valence-electron chi connectivity index (χ2n) is 4.19. The zero-order valence-electron chi connectivity index (χ0n) is 10.0. The summed E-state index contributed by atoms with van der Waals surface area (Å²) in [5.74, 6) is 0. The summed E-state index contributed by atoms with van der Waals surface area (Å²) in [4.78, 5) is 5.41. The summed E-state index contributed by atoms with van der Waals surface area (Å²) in [5, 5.41) is 0. The lowest BCUT2D eigenvalue weighted by atomic mass is 10.2. The SMILES string of the molecule is Cc1c(N)cc(Br)cc1S(=O)(=O)N1CCCCO1. The van der Waals surface area contributed by atoms with Crippen LogP contribution < -0.4 is 5.73 Å². The smallest absolute Gasteiger partial charge is 0.265 e. The van der Waals surface area contributed by atoms with Crippen molar-refractivity contribution in [3.05, 3.63) is 22.2 Å². The highest BCUT2D eigenvalue weighted by Crippen LogP contribution is 2.29. The second kappa shape index (κ2) is 5.16. The minimum Gasteiger partial charge on any atom is -0.398 e. The summed E-state index contributed by atoms with van der Waals surface area (Å²) in [6.07, 6.45) is 1.69. The van der Waals surface area contributed by atoms with Gasteiger partial charge in [-0.25, -0.2) is 8.42 Å². The van der Waals surface area contributed by atoms with Gasteiger partial charge in [0, 0.05) is 16.7 Å². The molecular weight excluding hydrogens is 320 g/mol. The number of hydrogen-bond acceptors (Lipinski definition) is 4. The molecule has 0 aliphatic carbocycles. The third-order valence-electron chi connectivity index (χ3n) is 2.88. The van der Waals surface area contributed by atoms with Crippen molar-refractivity contribution in [2.75, 3.05) is 18.9 Å². The summed E-state index contributed by atoms with van der Waals surface area (Å²) in [7, 11) is -3.64. The fourth-order valence-corrected chi connectivity index (χ4v) is 4.03. The lowest BCUT2D eigenvalue weighted by Gasteiger charge is -2.26. The van der Waals surface area contributed by atoms with Crippen LogP contribution in [0.3, 0.4) is 0 Å². The Morgan fingerprint density at radius 1 is 1.39 bits per heavy atom. The van der Waals surface area contributed by atoms with E-state index in [4.69, 9.17) is 10.6 Å². The van der Waals surface area contributed by atoms with E-state index in [2.05, 4.69) is 15.9 Å². The van der Waals surface area contributed by atoms with Gasteiger partial charge in [-0.2, -0.15) is 0 Å². The first-order valence-corrected chi connectivity index (χ1v) is 7.87. The molecule has 0 bridgehead atoms. The highest BCUT2D eigenvalue weighted by atomic mass is 79.9. The molecule has 0 saturated carbocycles. The van der Waals surface area contributed by atoms with Gasteiger partial charge in [-0.3, -0.25) is 4.84 Å². The Bertz CT molecular complexity index is 554. The van der Waals surface area contributed by atoms with E-state index in [0.717, 1.165) is 17.3 Å². The van der Waals surface area contributed by atoms with Gasteiger partial charge in [-0.15, -0.1) is 0 Å². The number of halogens is 1. The fraction of sp³-hybridized carbons (Fsp3) is 0.455. The molecule has 7 heteroatoms. The standard InChI is InChI=1S/C11H15BrN2O3S/c1-8-10(13)6-9(12)7-11(8)18(15,16)14-4-2-3-5-17-14/h6-7H,2-5,13H2,1H3. The van der Waals surface area contributed by atoms with E-state index in [0.29, 0.717) is 28.9 Å². The molecule has 0 radical (unpaired) electrons. The second-order valence-corrected chi connectivity index (χ2v) is 6.90. The Balaban J connectivity index is 2.46. The van der Waals surface area contributed by atoms with Crippen molar-refractivity contribution in [3.63, 3.8) is 0 Å². The van der Waals surface area contributed by atoms with Crippen molar-refractivity contribution in [2.45, 2.75) is 24.7 Å². The molecule has 2 rings (SSSR count). The Hall–Kier alpha value is -0.630. The molecule has 5 nitrogen and oxygen atoms in total. The minimum atomic E-state index is -3.64. The average Bonchev–Trinajstić information content (AvgIpc) is 2.34. The molecule has 1 heterocycles. The van der Waals surface area contributed by atoms with Gasteiger partial charge < -0.3 is 5.73 Å². The predicted octanol–water partition coefficient (Wildman–Crippen LogP) is 2.06. The zero-order valence-corrected chi connectivity index (χ0v) is 12.4. The summed E-state index contributed by atoms with van der Waals surface area (Å²) in [6.45, 7) is 2.51. The molecule has 1 aromatic rings. The number of nitrogens with two attached hydrogens (primary N) is 1. The number of benzene rings is 1. The molecule has 0 atom stereocenters. The van der Waals surface area contributed by atoms with Crippen molar-refractivity contribution in [1.29, 1.82) is 0 Å². The Morgan fingerprint density at radius 2 is 2.11 bits per heavy atom. The maximum absolute atomic E-state index is 12.4. The van der Waals surface area contributed by atoms with Crippen molar-refractivity contribution < 1.29 is 13.3 Å². The van der Waals surface area contributed by atoms with Crippen LogP contribution in [-0.4, -0.2) is 26.0 Å². The molecule has 0 aromatic heterocycles. The minimum absolute atomic E-state index is 0.191. The van der Waals surface area contributed by atoms with Crippen LogP contribution in [0, 0.1) is 6.92 Å². The van der Waals surface area contributed by atoms with Gasteiger partial charge in [-0.1, -0.05) is 20.4 Å². The van der Waals surface area contributed by atoms with Crippen molar-refractivity contribution in [2.24, 2.45) is 0 Å². The third kappa shape index (κ3) is 2.54. The summed E-state index contributed by atoms with van der Waals surface area (Å²) >= 11 is 3.26. The molecule has 0 spiro atoms. The van der Waals surface area contributed by atoms with Crippen LogP contribution in [0.1, 0.15) is 18.4 Å². The molecule has 0 unspecified atom stereocenters. The van der Waals surface area contributed by atoms with Crippen LogP contribution in [0.4, 0.5) is 5.69 Å². The van der Waals surface area contributed by atoms with Gasteiger partial charge in [0.05, 0.1) is 11.5 Å². The molecule has 1 aromatic carbocycles. The maximum Gasteiger partial charge on any atom is 0.265 e. The number of rotatable bonds is 2. The highest BCUT2D eigenvalue weighted by Gasteiger charge is 2.29. The van der Waals surface area contributed by atoms with Gasteiger partial charge >= 0.3 is 0 Å². The molecule has 2 N–H and O–H groups in total. The Labute approximate surface area is 115 Å². The van der Waals surface area contributed by atoms with Crippen LogP contribution in [0.25, 0.3) is 0 Å². The summed E-state index contributed by atoms with van der Waals surface area (Å²) in [6, 6.07) is 3.24. The van der Waals surface area contributed by atoms with E-state index in [9.17, 15) is 8.42 Å². The quantitative estimate of drug-likeness (QED) is 0.840.